The van der Waals surface area contributed by atoms with Gasteiger partial charge in [0.15, 0.2) is 6.04 Å². The van der Waals surface area contributed by atoms with Crippen LogP contribution < -0.4 is 10.6 Å². The number of halogens is 2. The number of amides is 2. The Labute approximate surface area is 125 Å². The zero-order valence-corrected chi connectivity index (χ0v) is 12.7. The van der Waals surface area contributed by atoms with Crippen molar-refractivity contribution in [3.8, 4) is 0 Å². The van der Waals surface area contributed by atoms with Crippen LogP contribution in [0.25, 0.3) is 0 Å². The number of urea groups is 1. The molecule has 6 nitrogen and oxygen atoms in total. The van der Waals surface area contributed by atoms with Crippen molar-refractivity contribution in [3.05, 3.63) is 26.2 Å². The molecule has 4 N–H and O–H groups in total. The molecule has 18 heavy (non-hydrogen) atoms. The van der Waals surface area contributed by atoms with Crippen molar-refractivity contribution in [2.75, 3.05) is 11.9 Å². The van der Waals surface area contributed by atoms with E-state index in [1.807, 2.05) is 6.07 Å². The van der Waals surface area contributed by atoms with Crippen LogP contribution in [-0.4, -0.2) is 34.9 Å². The lowest BCUT2D eigenvalue weighted by atomic mass is 10.3. The van der Waals surface area contributed by atoms with E-state index in [4.69, 9.17) is 10.2 Å². The highest BCUT2D eigenvalue weighted by Crippen LogP contribution is 2.24. The summed E-state index contributed by atoms with van der Waals surface area (Å²) in [6, 6.07) is 3.31. The normalized spacial score (nSPS) is 11.7. The Morgan fingerprint density at radius 3 is 2.67 bits per heavy atom. The molecule has 8 heteroatoms. The van der Waals surface area contributed by atoms with Crippen LogP contribution in [-0.2, 0) is 4.79 Å². The third-order valence-electron chi connectivity index (χ3n) is 1.96. The third kappa shape index (κ3) is 4.42. The molecular weight excluding hydrogens is 419 g/mol. The summed E-state index contributed by atoms with van der Waals surface area (Å²) in [6.07, 6.45) is 0. The van der Waals surface area contributed by atoms with Crippen molar-refractivity contribution in [2.45, 2.75) is 6.04 Å². The number of rotatable bonds is 4. The van der Waals surface area contributed by atoms with E-state index >= 15 is 0 Å². The van der Waals surface area contributed by atoms with Gasteiger partial charge in [-0.3, -0.25) is 0 Å². The largest absolute Gasteiger partial charge is 0.480 e. The number of hydrogen-bond donors (Lipinski definition) is 4. The first-order valence-electron chi connectivity index (χ1n) is 4.80. The molecule has 98 valence electrons. The Bertz CT molecular complexity index is 469. The van der Waals surface area contributed by atoms with E-state index < -0.39 is 24.6 Å². The fourth-order valence-corrected chi connectivity index (χ4v) is 1.93. The molecule has 0 unspecified atom stereocenters. The molecule has 1 aromatic carbocycles. The molecule has 0 saturated carbocycles. The lowest BCUT2D eigenvalue weighted by Crippen LogP contribution is -2.45. The zero-order chi connectivity index (χ0) is 13.7. The number of nitrogens with one attached hydrogen (secondary N) is 2. The van der Waals surface area contributed by atoms with Gasteiger partial charge >= 0.3 is 12.0 Å². The van der Waals surface area contributed by atoms with Crippen LogP contribution in [0.4, 0.5) is 10.5 Å². The number of aliphatic hydroxyl groups is 1. The topological polar surface area (TPSA) is 98.7 Å². The van der Waals surface area contributed by atoms with E-state index in [0.29, 0.717) is 10.2 Å². The molecule has 0 fully saturated rings. The fourth-order valence-electron chi connectivity index (χ4n) is 1.10. The average Bonchev–Trinajstić information content (AvgIpc) is 2.30. The Morgan fingerprint density at radius 1 is 1.44 bits per heavy atom. The Hall–Kier alpha value is -0.870. The first-order valence-corrected chi connectivity index (χ1v) is 6.67. The standard InChI is InChI=1S/C10H10BrIN2O4/c11-6-2-1-5(12)3-7(6)13-10(18)14-8(4-15)9(16)17/h1-3,8,15H,4H2,(H,16,17)(H2,13,14,18)/t8-/m0/s1. The van der Waals surface area contributed by atoms with E-state index in [0.717, 1.165) is 3.57 Å². The molecule has 0 radical (unpaired) electrons. The quantitative estimate of drug-likeness (QED) is 0.547. The number of benzene rings is 1. The van der Waals surface area contributed by atoms with Crippen LogP contribution in [0.3, 0.4) is 0 Å². The third-order valence-corrected chi connectivity index (χ3v) is 3.33. The molecular formula is C10H10BrIN2O4. The maximum atomic E-state index is 11.5. The van der Waals surface area contributed by atoms with Crippen molar-refractivity contribution >= 4 is 56.2 Å². The summed E-state index contributed by atoms with van der Waals surface area (Å²) in [5, 5.41) is 22.1. The maximum Gasteiger partial charge on any atom is 0.328 e. The number of carbonyl (C=O) groups is 2. The second kappa shape index (κ2) is 6.90. The molecule has 0 aliphatic rings. The molecule has 2 amide bonds. The molecule has 0 bridgehead atoms. The fraction of sp³-hybridized carbons (Fsp3) is 0.200. The number of aliphatic hydroxyl groups excluding tert-OH is 1. The van der Waals surface area contributed by atoms with Gasteiger partial charge in [0.1, 0.15) is 0 Å². The van der Waals surface area contributed by atoms with E-state index in [1.54, 1.807) is 12.1 Å². The van der Waals surface area contributed by atoms with E-state index in [1.165, 1.54) is 0 Å². The number of anilines is 1. The van der Waals surface area contributed by atoms with Gasteiger partial charge in [0, 0.05) is 8.04 Å². The SMILES string of the molecule is O=C(Nc1cc(I)ccc1Br)N[C@@H](CO)C(=O)O. The van der Waals surface area contributed by atoms with Gasteiger partial charge in [-0.25, -0.2) is 9.59 Å². The maximum absolute atomic E-state index is 11.5. The number of carbonyl (C=O) groups excluding carboxylic acids is 1. The molecule has 0 aliphatic carbocycles. The van der Waals surface area contributed by atoms with Gasteiger partial charge < -0.3 is 20.8 Å². The van der Waals surface area contributed by atoms with Crippen molar-refractivity contribution < 1.29 is 19.8 Å². The number of hydrogen-bond acceptors (Lipinski definition) is 3. The first kappa shape index (κ1) is 15.2. The van der Waals surface area contributed by atoms with Crippen molar-refractivity contribution in [1.82, 2.24) is 5.32 Å². The van der Waals surface area contributed by atoms with Crippen LogP contribution in [0.1, 0.15) is 0 Å². The predicted molar refractivity (Wildman–Crippen MR) is 77.5 cm³/mol. The Morgan fingerprint density at radius 2 is 2.11 bits per heavy atom. The second-order valence-corrected chi connectivity index (χ2v) is 5.40. The molecule has 1 rings (SSSR count). The lowest BCUT2D eigenvalue weighted by molar-refractivity contribution is -0.140. The van der Waals surface area contributed by atoms with Gasteiger partial charge in [-0.05, 0) is 56.7 Å². The van der Waals surface area contributed by atoms with Gasteiger partial charge in [0.25, 0.3) is 0 Å². The molecule has 0 saturated heterocycles. The summed E-state index contributed by atoms with van der Waals surface area (Å²) in [7, 11) is 0. The first-order chi connectivity index (χ1) is 8.43. The number of aliphatic carboxylic acids is 1. The summed E-state index contributed by atoms with van der Waals surface area (Å²) in [4.78, 5) is 22.2. The number of carboxylic acid groups (broad SMARTS) is 1. The van der Waals surface area contributed by atoms with Crippen LogP contribution in [0.2, 0.25) is 0 Å². The predicted octanol–water partition coefficient (Wildman–Crippen LogP) is 1.62. The summed E-state index contributed by atoms with van der Waals surface area (Å²) in [5.41, 5.74) is 0.515. The minimum atomic E-state index is -1.33. The van der Waals surface area contributed by atoms with Crippen molar-refractivity contribution in [1.29, 1.82) is 0 Å². The van der Waals surface area contributed by atoms with Crippen LogP contribution >= 0.6 is 38.5 Å². The second-order valence-electron chi connectivity index (χ2n) is 3.30. The summed E-state index contributed by atoms with van der Waals surface area (Å²) in [6.45, 7) is -0.670. The van der Waals surface area contributed by atoms with Crippen LogP contribution in [0, 0.1) is 3.57 Å². The lowest BCUT2D eigenvalue weighted by Gasteiger charge is -2.13. The van der Waals surface area contributed by atoms with E-state index in [9.17, 15) is 9.59 Å². The van der Waals surface area contributed by atoms with Gasteiger partial charge in [-0.2, -0.15) is 0 Å². The van der Waals surface area contributed by atoms with Crippen LogP contribution in [0.15, 0.2) is 22.7 Å². The van der Waals surface area contributed by atoms with Gasteiger partial charge in [0.05, 0.1) is 12.3 Å². The number of carboxylic acids is 1. The molecule has 1 aromatic rings. The van der Waals surface area contributed by atoms with Gasteiger partial charge in [0.2, 0.25) is 0 Å². The molecule has 0 aliphatic heterocycles. The van der Waals surface area contributed by atoms with E-state index in [-0.39, 0.29) is 0 Å². The Kier molecular flexibility index (Phi) is 5.82. The van der Waals surface area contributed by atoms with Crippen LogP contribution in [0.5, 0.6) is 0 Å². The summed E-state index contributed by atoms with van der Waals surface area (Å²) in [5.74, 6) is -1.30. The highest BCUT2D eigenvalue weighted by molar-refractivity contribution is 14.1. The summed E-state index contributed by atoms with van der Waals surface area (Å²) < 4.78 is 1.59. The molecule has 0 aromatic heterocycles. The summed E-state index contributed by atoms with van der Waals surface area (Å²) >= 11 is 5.35. The smallest absolute Gasteiger partial charge is 0.328 e. The van der Waals surface area contributed by atoms with E-state index in [2.05, 4.69) is 49.2 Å². The van der Waals surface area contributed by atoms with Gasteiger partial charge in [-0.15, -0.1) is 0 Å². The van der Waals surface area contributed by atoms with Crippen molar-refractivity contribution in [2.24, 2.45) is 0 Å². The van der Waals surface area contributed by atoms with Crippen molar-refractivity contribution in [3.63, 3.8) is 0 Å². The van der Waals surface area contributed by atoms with Gasteiger partial charge in [-0.1, -0.05) is 0 Å². The highest BCUT2D eigenvalue weighted by Gasteiger charge is 2.18. The highest BCUT2D eigenvalue weighted by atomic mass is 127. The average molecular weight is 429 g/mol. The minimum absolute atomic E-state index is 0.515. The molecule has 1 atom stereocenters. The zero-order valence-electron chi connectivity index (χ0n) is 8.98. The minimum Gasteiger partial charge on any atom is -0.480 e. The molecule has 0 heterocycles. The monoisotopic (exact) mass is 428 g/mol. The Balaban J connectivity index is 2.70. The molecule has 0 spiro atoms.